The molecular weight excluding hydrogens is 252 g/mol. The predicted octanol–water partition coefficient (Wildman–Crippen LogP) is 1.72. The second-order valence-corrected chi connectivity index (χ2v) is 4.84. The Labute approximate surface area is 119 Å². The van der Waals surface area contributed by atoms with Gasteiger partial charge in [-0.15, -0.1) is 0 Å². The molecule has 0 atom stereocenters. The van der Waals surface area contributed by atoms with Crippen LogP contribution in [0.1, 0.15) is 22.3 Å². The summed E-state index contributed by atoms with van der Waals surface area (Å²) >= 11 is 0. The molecule has 0 saturated carbocycles. The minimum atomic E-state index is -0.0459. The van der Waals surface area contributed by atoms with Gasteiger partial charge in [-0.3, -0.25) is 9.48 Å². The first-order valence-corrected chi connectivity index (χ1v) is 6.69. The van der Waals surface area contributed by atoms with Crippen LogP contribution >= 0.6 is 0 Å². The van der Waals surface area contributed by atoms with Gasteiger partial charge in [0, 0.05) is 25.5 Å². The van der Waals surface area contributed by atoms with Gasteiger partial charge in [-0.25, -0.2) is 0 Å². The van der Waals surface area contributed by atoms with Crippen molar-refractivity contribution in [3.8, 4) is 0 Å². The van der Waals surface area contributed by atoms with E-state index in [1.165, 1.54) is 5.56 Å². The average molecular weight is 272 g/mol. The Morgan fingerprint density at radius 1 is 1.35 bits per heavy atom. The largest absolute Gasteiger partial charge is 0.330 e. The van der Waals surface area contributed by atoms with Crippen LogP contribution in [0, 0.1) is 6.92 Å². The number of rotatable bonds is 5. The van der Waals surface area contributed by atoms with Crippen molar-refractivity contribution in [1.82, 2.24) is 9.78 Å². The van der Waals surface area contributed by atoms with Gasteiger partial charge in [-0.1, -0.05) is 17.7 Å². The maximum absolute atomic E-state index is 12.6. The number of hydrogen-bond acceptors (Lipinski definition) is 3. The van der Waals surface area contributed by atoms with Crippen LogP contribution in [0.4, 0.5) is 5.69 Å². The van der Waals surface area contributed by atoms with Crippen molar-refractivity contribution in [1.29, 1.82) is 0 Å². The summed E-state index contributed by atoms with van der Waals surface area (Å²) in [5, 5.41) is 4.05. The summed E-state index contributed by atoms with van der Waals surface area (Å²) in [6.45, 7) is 3.19. The summed E-state index contributed by atoms with van der Waals surface area (Å²) in [5.74, 6) is -0.0459. The van der Waals surface area contributed by atoms with Crippen LogP contribution in [0.25, 0.3) is 0 Å². The number of carbonyl (C=O) groups is 1. The molecule has 0 aliphatic rings. The van der Waals surface area contributed by atoms with Gasteiger partial charge < -0.3 is 10.6 Å². The SMILES string of the molecule is Cc1ccc(N(CCCN)C(=O)c2cnn(C)c2)cc1. The van der Waals surface area contributed by atoms with Crippen molar-refractivity contribution in [2.45, 2.75) is 13.3 Å². The van der Waals surface area contributed by atoms with Crippen molar-refractivity contribution in [3.63, 3.8) is 0 Å². The Morgan fingerprint density at radius 2 is 2.05 bits per heavy atom. The standard InChI is InChI=1S/C15H20N4O/c1-12-4-6-14(7-5-12)19(9-3-8-16)15(20)13-10-17-18(2)11-13/h4-7,10-11H,3,8-9,16H2,1-2H3. The molecule has 1 amide bonds. The topological polar surface area (TPSA) is 64.2 Å². The van der Waals surface area contributed by atoms with Crippen LogP contribution in [-0.4, -0.2) is 28.8 Å². The molecule has 5 nitrogen and oxygen atoms in total. The molecule has 2 N–H and O–H groups in total. The van der Waals surface area contributed by atoms with E-state index in [2.05, 4.69) is 5.10 Å². The van der Waals surface area contributed by atoms with Gasteiger partial charge in [0.2, 0.25) is 0 Å². The minimum absolute atomic E-state index is 0.0459. The number of carbonyl (C=O) groups excluding carboxylic acids is 1. The van der Waals surface area contributed by atoms with Gasteiger partial charge >= 0.3 is 0 Å². The summed E-state index contributed by atoms with van der Waals surface area (Å²) in [7, 11) is 1.80. The molecule has 20 heavy (non-hydrogen) atoms. The predicted molar refractivity (Wildman–Crippen MR) is 79.7 cm³/mol. The number of anilines is 1. The quantitative estimate of drug-likeness (QED) is 0.901. The van der Waals surface area contributed by atoms with Crippen molar-refractivity contribution in [3.05, 3.63) is 47.8 Å². The highest BCUT2D eigenvalue weighted by atomic mass is 16.2. The number of nitrogens with zero attached hydrogens (tertiary/aromatic N) is 3. The van der Waals surface area contributed by atoms with Crippen LogP contribution in [0.5, 0.6) is 0 Å². The summed E-state index contributed by atoms with van der Waals surface area (Å²) in [6.07, 6.45) is 4.08. The van der Waals surface area contributed by atoms with Crippen molar-refractivity contribution in [2.24, 2.45) is 12.8 Å². The number of benzene rings is 1. The van der Waals surface area contributed by atoms with Crippen LogP contribution in [-0.2, 0) is 7.05 Å². The third-order valence-electron chi connectivity index (χ3n) is 3.13. The van der Waals surface area contributed by atoms with Gasteiger partial charge in [-0.05, 0) is 32.0 Å². The van der Waals surface area contributed by atoms with Crippen molar-refractivity contribution in [2.75, 3.05) is 18.0 Å². The third kappa shape index (κ3) is 3.24. The minimum Gasteiger partial charge on any atom is -0.330 e. The Balaban J connectivity index is 2.27. The second kappa shape index (κ2) is 6.34. The molecule has 2 aromatic rings. The van der Waals surface area contributed by atoms with Gasteiger partial charge in [0.25, 0.3) is 5.91 Å². The lowest BCUT2D eigenvalue weighted by Crippen LogP contribution is -2.32. The fraction of sp³-hybridized carbons (Fsp3) is 0.333. The molecular formula is C15H20N4O. The summed E-state index contributed by atoms with van der Waals surface area (Å²) < 4.78 is 1.63. The van der Waals surface area contributed by atoms with Crippen molar-refractivity contribution < 1.29 is 4.79 Å². The van der Waals surface area contributed by atoms with Gasteiger partial charge in [-0.2, -0.15) is 5.10 Å². The van der Waals surface area contributed by atoms with E-state index in [0.29, 0.717) is 18.7 Å². The normalized spacial score (nSPS) is 10.6. The zero-order valence-corrected chi connectivity index (χ0v) is 11.9. The number of aromatic nitrogens is 2. The van der Waals surface area contributed by atoms with E-state index in [9.17, 15) is 4.79 Å². The van der Waals surface area contributed by atoms with Crippen LogP contribution < -0.4 is 10.6 Å². The smallest absolute Gasteiger partial charge is 0.261 e. The van der Waals surface area contributed by atoms with Crippen molar-refractivity contribution >= 4 is 11.6 Å². The maximum Gasteiger partial charge on any atom is 0.261 e. The van der Waals surface area contributed by atoms with Crippen LogP contribution in [0.3, 0.4) is 0 Å². The Hall–Kier alpha value is -2.14. The Morgan fingerprint density at radius 3 is 2.60 bits per heavy atom. The van der Waals surface area contributed by atoms with Crippen LogP contribution in [0.15, 0.2) is 36.7 Å². The lowest BCUT2D eigenvalue weighted by atomic mass is 10.2. The highest BCUT2D eigenvalue weighted by molar-refractivity contribution is 6.05. The number of nitrogens with two attached hydrogens (primary N) is 1. The summed E-state index contributed by atoms with van der Waals surface area (Å²) in [6, 6.07) is 7.92. The molecule has 1 heterocycles. The molecule has 1 aromatic heterocycles. The third-order valence-corrected chi connectivity index (χ3v) is 3.13. The van der Waals surface area contributed by atoms with E-state index in [-0.39, 0.29) is 5.91 Å². The Kier molecular flexibility index (Phi) is 4.53. The molecule has 0 bridgehead atoms. The molecule has 2 rings (SSSR count). The molecule has 0 aliphatic heterocycles. The monoisotopic (exact) mass is 272 g/mol. The zero-order chi connectivity index (χ0) is 14.5. The van der Waals surface area contributed by atoms with Gasteiger partial charge in [0.15, 0.2) is 0 Å². The average Bonchev–Trinajstić information content (AvgIpc) is 2.87. The molecule has 0 unspecified atom stereocenters. The molecule has 0 fully saturated rings. The first kappa shape index (κ1) is 14.3. The number of aryl methyl sites for hydroxylation is 2. The highest BCUT2D eigenvalue weighted by Crippen LogP contribution is 2.18. The Bertz CT molecular complexity index is 574. The molecule has 0 radical (unpaired) electrons. The lowest BCUT2D eigenvalue weighted by molar-refractivity contribution is 0.0986. The van der Waals surface area contributed by atoms with Gasteiger partial charge in [0.05, 0.1) is 11.8 Å². The first-order valence-electron chi connectivity index (χ1n) is 6.69. The van der Waals surface area contributed by atoms with E-state index in [1.54, 1.807) is 29.0 Å². The second-order valence-electron chi connectivity index (χ2n) is 4.84. The lowest BCUT2D eigenvalue weighted by Gasteiger charge is -2.22. The van der Waals surface area contributed by atoms with E-state index >= 15 is 0 Å². The number of hydrogen-bond donors (Lipinski definition) is 1. The number of amides is 1. The van der Waals surface area contributed by atoms with E-state index in [1.807, 2.05) is 31.2 Å². The molecule has 106 valence electrons. The van der Waals surface area contributed by atoms with E-state index in [0.717, 1.165) is 12.1 Å². The molecule has 5 heteroatoms. The summed E-state index contributed by atoms with van der Waals surface area (Å²) in [5.41, 5.74) is 8.21. The fourth-order valence-corrected chi connectivity index (χ4v) is 2.01. The van der Waals surface area contributed by atoms with Crippen LogP contribution in [0.2, 0.25) is 0 Å². The van der Waals surface area contributed by atoms with Gasteiger partial charge in [0.1, 0.15) is 0 Å². The zero-order valence-electron chi connectivity index (χ0n) is 11.9. The molecule has 0 aliphatic carbocycles. The summed E-state index contributed by atoms with van der Waals surface area (Å²) in [4.78, 5) is 14.3. The molecule has 0 spiro atoms. The fourth-order valence-electron chi connectivity index (χ4n) is 2.01. The highest BCUT2D eigenvalue weighted by Gasteiger charge is 2.18. The first-order chi connectivity index (χ1) is 9.61. The van der Waals surface area contributed by atoms with E-state index < -0.39 is 0 Å². The molecule has 0 saturated heterocycles. The van der Waals surface area contributed by atoms with E-state index in [4.69, 9.17) is 5.73 Å². The molecule has 1 aromatic carbocycles. The maximum atomic E-state index is 12.6.